The van der Waals surface area contributed by atoms with Crippen molar-refractivity contribution in [3.8, 4) is 11.3 Å². The number of rotatable bonds is 13. The number of pyridine rings is 1. The van der Waals surface area contributed by atoms with Crippen LogP contribution in [0, 0.1) is 5.41 Å². The molecule has 0 bridgehead atoms. The van der Waals surface area contributed by atoms with E-state index in [1.807, 2.05) is 124 Å². The molecule has 3 aromatic carbocycles. The third-order valence-electron chi connectivity index (χ3n) is 7.38. The smallest absolute Gasteiger partial charge is 0.408 e. The van der Waals surface area contributed by atoms with Crippen LogP contribution in [0.2, 0.25) is 0 Å². The van der Waals surface area contributed by atoms with E-state index >= 15 is 0 Å². The maximum absolute atomic E-state index is 13.7. The van der Waals surface area contributed by atoms with Gasteiger partial charge in [-0.15, -0.1) is 0 Å². The number of hydrogen-bond donors (Lipinski definition) is 4. The summed E-state index contributed by atoms with van der Waals surface area (Å²) >= 11 is 0. The number of nitrogens with zero attached hydrogens (tertiary/aromatic N) is 2. The van der Waals surface area contributed by atoms with E-state index in [1.54, 1.807) is 11.2 Å². The molecule has 0 saturated heterocycles. The summed E-state index contributed by atoms with van der Waals surface area (Å²) in [6.07, 6.45) is 0.574. The zero-order valence-electron chi connectivity index (χ0n) is 26.1. The highest BCUT2D eigenvalue weighted by Crippen LogP contribution is 2.21. The van der Waals surface area contributed by atoms with Crippen molar-refractivity contribution >= 4 is 12.0 Å². The van der Waals surface area contributed by atoms with Crippen LogP contribution in [0.1, 0.15) is 37.5 Å². The first kappa shape index (κ1) is 33.3. The van der Waals surface area contributed by atoms with Crippen molar-refractivity contribution in [1.29, 1.82) is 0 Å². The minimum atomic E-state index is -0.949. The highest BCUT2D eigenvalue weighted by atomic mass is 16.5. The van der Waals surface area contributed by atoms with Crippen LogP contribution in [0.15, 0.2) is 109 Å². The highest BCUT2D eigenvalue weighted by Gasteiger charge is 2.34. The van der Waals surface area contributed by atoms with E-state index in [0.717, 1.165) is 27.9 Å². The molecule has 0 aliphatic rings. The minimum absolute atomic E-state index is 0.0665. The number of amides is 2. The molecule has 0 fully saturated rings. The first-order valence-electron chi connectivity index (χ1n) is 15.1. The summed E-state index contributed by atoms with van der Waals surface area (Å²) < 4.78 is 5.40. The Kier molecular flexibility index (Phi) is 11.8. The third-order valence-corrected chi connectivity index (χ3v) is 7.38. The molecule has 9 nitrogen and oxygen atoms in total. The molecule has 0 aliphatic carbocycles. The number of aromatic nitrogens is 1. The summed E-state index contributed by atoms with van der Waals surface area (Å²) in [5.74, 6) is -0.437. The number of aliphatic hydroxyl groups is 1. The minimum Gasteiger partial charge on any atom is -0.445 e. The average Bonchev–Trinajstić information content (AvgIpc) is 3.03. The molecule has 0 radical (unpaired) electrons. The Morgan fingerprint density at radius 1 is 0.867 bits per heavy atom. The summed E-state index contributed by atoms with van der Waals surface area (Å²) in [5.41, 5.74) is 13.3. The topological polar surface area (TPSA) is 130 Å². The van der Waals surface area contributed by atoms with Gasteiger partial charge in [-0.25, -0.2) is 9.80 Å². The number of carbonyl (C=O) groups is 2. The maximum atomic E-state index is 13.7. The van der Waals surface area contributed by atoms with Crippen LogP contribution in [-0.4, -0.2) is 51.8 Å². The molecule has 45 heavy (non-hydrogen) atoms. The predicted octanol–water partition coefficient (Wildman–Crippen LogP) is 4.85. The van der Waals surface area contributed by atoms with Crippen LogP contribution in [0.25, 0.3) is 11.3 Å². The van der Waals surface area contributed by atoms with Gasteiger partial charge < -0.3 is 20.9 Å². The van der Waals surface area contributed by atoms with E-state index in [4.69, 9.17) is 10.5 Å². The molecule has 3 atom stereocenters. The Bertz CT molecular complexity index is 1480. The van der Waals surface area contributed by atoms with Crippen LogP contribution >= 0.6 is 0 Å². The molecule has 4 rings (SSSR count). The first-order valence-corrected chi connectivity index (χ1v) is 15.1. The van der Waals surface area contributed by atoms with Crippen LogP contribution in [0.3, 0.4) is 0 Å². The lowest BCUT2D eigenvalue weighted by molar-refractivity contribution is -0.131. The molecule has 0 aliphatic heterocycles. The number of ether oxygens (including phenoxy) is 1. The monoisotopic (exact) mass is 609 g/mol. The van der Waals surface area contributed by atoms with Gasteiger partial charge in [0.1, 0.15) is 12.6 Å². The van der Waals surface area contributed by atoms with Crippen molar-refractivity contribution < 1.29 is 19.4 Å². The normalized spacial score (nSPS) is 13.5. The molecule has 2 amide bonds. The van der Waals surface area contributed by atoms with E-state index in [0.29, 0.717) is 13.0 Å². The van der Waals surface area contributed by atoms with Crippen LogP contribution in [0.4, 0.5) is 4.79 Å². The van der Waals surface area contributed by atoms with E-state index in [-0.39, 0.29) is 13.2 Å². The van der Waals surface area contributed by atoms with Crippen molar-refractivity contribution in [2.45, 2.75) is 58.5 Å². The Hall–Kier alpha value is -4.57. The average molecular weight is 610 g/mol. The van der Waals surface area contributed by atoms with Gasteiger partial charge in [0, 0.05) is 30.9 Å². The fourth-order valence-corrected chi connectivity index (χ4v) is 4.85. The zero-order chi connectivity index (χ0) is 32.2. The lowest BCUT2D eigenvalue weighted by Gasteiger charge is -2.34. The van der Waals surface area contributed by atoms with Gasteiger partial charge in [0.05, 0.1) is 11.8 Å². The highest BCUT2D eigenvalue weighted by molar-refractivity contribution is 5.86. The van der Waals surface area contributed by atoms with Crippen molar-refractivity contribution in [3.63, 3.8) is 0 Å². The molecular weight excluding hydrogens is 566 g/mol. The molecule has 9 heteroatoms. The van der Waals surface area contributed by atoms with Gasteiger partial charge in [0.2, 0.25) is 0 Å². The molecule has 4 aromatic rings. The van der Waals surface area contributed by atoms with Crippen LogP contribution < -0.4 is 16.5 Å². The number of hydrogen-bond acceptors (Lipinski definition) is 7. The second-order valence-corrected chi connectivity index (χ2v) is 12.2. The first-order chi connectivity index (χ1) is 21.6. The van der Waals surface area contributed by atoms with Gasteiger partial charge in [0.15, 0.2) is 0 Å². The van der Waals surface area contributed by atoms with Gasteiger partial charge in [-0.3, -0.25) is 15.2 Å². The number of aliphatic hydroxyl groups excluding tert-OH is 1. The van der Waals surface area contributed by atoms with E-state index in [1.165, 1.54) is 0 Å². The third kappa shape index (κ3) is 10.5. The summed E-state index contributed by atoms with van der Waals surface area (Å²) in [7, 11) is 0. The second-order valence-electron chi connectivity index (χ2n) is 12.2. The van der Waals surface area contributed by atoms with Crippen molar-refractivity contribution in [2.24, 2.45) is 11.1 Å². The summed E-state index contributed by atoms with van der Waals surface area (Å²) in [5, 5.41) is 15.5. The predicted molar refractivity (Wildman–Crippen MR) is 175 cm³/mol. The van der Waals surface area contributed by atoms with Gasteiger partial charge in [-0.2, -0.15) is 0 Å². The Morgan fingerprint density at radius 2 is 1.49 bits per heavy atom. The molecule has 0 unspecified atom stereocenters. The van der Waals surface area contributed by atoms with Gasteiger partial charge in [0.25, 0.3) is 5.91 Å². The Labute approximate surface area is 265 Å². The summed E-state index contributed by atoms with van der Waals surface area (Å²) in [6.45, 7) is 6.02. The van der Waals surface area contributed by atoms with Gasteiger partial charge in [-0.1, -0.05) is 112 Å². The number of nitrogens with two attached hydrogens (primary N) is 1. The molecule has 5 N–H and O–H groups in total. The molecule has 236 valence electrons. The largest absolute Gasteiger partial charge is 0.445 e. The fourth-order valence-electron chi connectivity index (χ4n) is 4.85. The number of alkyl carbamates (subject to hydrolysis) is 1. The lowest BCUT2D eigenvalue weighted by Crippen LogP contribution is -2.58. The molecule has 1 aromatic heterocycles. The second kappa shape index (κ2) is 15.9. The summed E-state index contributed by atoms with van der Waals surface area (Å²) in [4.78, 5) is 30.9. The maximum Gasteiger partial charge on any atom is 0.408 e. The van der Waals surface area contributed by atoms with Crippen molar-refractivity contribution in [2.75, 3.05) is 6.54 Å². The molecule has 0 saturated carbocycles. The van der Waals surface area contributed by atoms with Gasteiger partial charge >= 0.3 is 6.09 Å². The van der Waals surface area contributed by atoms with Crippen LogP contribution in [-0.2, 0) is 29.1 Å². The van der Waals surface area contributed by atoms with Crippen LogP contribution in [0.5, 0.6) is 0 Å². The SMILES string of the molecule is CC(C)(C)[C@H](NC(=O)OCc1ccccc1)C(=O)NN(Cc1ccc(-c2ccccn2)cc1)C[C@H](O)[C@@H](N)Cc1ccccc1. The van der Waals surface area contributed by atoms with E-state index in [2.05, 4.69) is 15.7 Å². The van der Waals surface area contributed by atoms with E-state index < -0.39 is 35.6 Å². The summed E-state index contributed by atoms with van der Waals surface area (Å²) in [6, 6.07) is 31.2. The number of benzene rings is 3. The zero-order valence-corrected chi connectivity index (χ0v) is 26.1. The molecule has 0 spiro atoms. The lowest BCUT2D eigenvalue weighted by atomic mass is 9.86. The van der Waals surface area contributed by atoms with Crippen molar-refractivity contribution in [3.05, 3.63) is 126 Å². The van der Waals surface area contributed by atoms with Gasteiger partial charge in [-0.05, 0) is 40.7 Å². The standard InChI is InChI=1S/C36H43N5O4/c1-36(2,3)33(39-35(44)45-25-28-14-8-5-9-15-28)34(43)40-41(24-32(42)30(37)22-26-12-6-4-7-13-26)23-27-17-19-29(20-18-27)31-16-10-11-21-38-31/h4-21,30,32-33,42H,22-25,37H2,1-3H3,(H,39,44)(H,40,43)/t30-,32-,33+/m0/s1. The fraction of sp³-hybridized carbons (Fsp3) is 0.306. The quantitative estimate of drug-likeness (QED) is 0.159. The number of carbonyl (C=O) groups excluding carboxylic acids is 2. The molecule has 1 heterocycles. The Morgan fingerprint density at radius 3 is 2.09 bits per heavy atom. The van der Waals surface area contributed by atoms with Crippen molar-refractivity contribution in [1.82, 2.24) is 20.7 Å². The number of nitrogens with one attached hydrogen (secondary N) is 2. The van der Waals surface area contributed by atoms with E-state index in [9.17, 15) is 14.7 Å². The number of hydrazine groups is 1. The molecular formula is C36H43N5O4. The Balaban J connectivity index is 1.47.